The van der Waals surface area contributed by atoms with Crippen molar-refractivity contribution < 1.29 is 26.4 Å². The van der Waals surface area contributed by atoms with E-state index < -0.39 is 39.8 Å². The van der Waals surface area contributed by atoms with E-state index >= 15 is 0 Å². The molecular formula is C33H35F3N4O4S. The molecule has 1 aliphatic carbocycles. The lowest BCUT2D eigenvalue weighted by Crippen LogP contribution is -2.45. The third kappa shape index (κ3) is 6.28. The Morgan fingerprint density at radius 1 is 0.933 bits per heavy atom. The maximum Gasteiger partial charge on any atom is 0.416 e. The first-order chi connectivity index (χ1) is 21.1. The van der Waals surface area contributed by atoms with Gasteiger partial charge < -0.3 is 4.90 Å². The summed E-state index contributed by atoms with van der Waals surface area (Å²) in [6, 6.07) is 16.6. The Bertz CT molecular complexity index is 1890. The third-order valence-electron chi connectivity index (χ3n) is 8.15. The molecule has 3 aromatic carbocycles. The Morgan fingerprint density at radius 3 is 2.04 bits per heavy atom. The standard InChI is InChI=1S/C33H35F3N4O4S/c1-21-17-22(2)31(23(3)18-21)45(43,44)39(30-24(4)37(5)40(32(30)42)28-9-7-6-8-10-28)20-29(41)38(27-15-16-27)19-25-11-13-26(14-12-25)33(34,35)36/h6-14,17-18,27H,15-16,19-20H2,1-5H3. The highest BCUT2D eigenvalue weighted by molar-refractivity contribution is 7.93. The number of nitrogens with zero attached hydrogens (tertiary/aromatic N) is 4. The van der Waals surface area contributed by atoms with Crippen LogP contribution in [0.4, 0.5) is 18.9 Å². The molecule has 12 heteroatoms. The molecule has 0 radical (unpaired) electrons. The van der Waals surface area contributed by atoms with E-state index in [0.717, 1.165) is 22.0 Å². The van der Waals surface area contributed by atoms with Crippen molar-refractivity contribution in [2.24, 2.45) is 7.05 Å². The van der Waals surface area contributed by atoms with Gasteiger partial charge in [0.1, 0.15) is 12.2 Å². The molecule has 0 atom stereocenters. The number of rotatable bonds is 9. The van der Waals surface area contributed by atoms with Gasteiger partial charge >= 0.3 is 6.18 Å². The number of hydrogen-bond acceptors (Lipinski definition) is 4. The van der Waals surface area contributed by atoms with Crippen LogP contribution in [0.15, 0.2) is 76.4 Å². The summed E-state index contributed by atoms with van der Waals surface area (Å²) in [5, 5.41) is 0. The van der Waals surface area contributed by atoms with Gasteiger partial charge in [-0.3, -0.25) is 14.3 Å². The zero-order chi connectivity index (χ0) is 32.8. The average Bonchev–Trinajstić information content (AvgIpc) is 3.77. The van der Waals surface area contributed by atoms with E-state index in [1.807, 2.05) is 6.92 Å². The first-order valence-corrected chi connectivity index (χ1v) is 16.0. The van der Waals surface area contributed by atoms with Gasteiger partial charge in [0.25, 0.3) is 15.6 Å². The molecule has 1 fully saturated rings. The quantitative estimate of drug-likeness (QED) is 0.231. The fourth-order valence-electron chi connectivity index (χ4n) is 5.83. The van der Waals surface area contributed by atoms with Crippen LogP contribution in [-0.4, -0.2) is 41.2 Å². The minimum Gasteiger partial charge on any atom is -0.334 e. The van der Waals surface area contributed by atoms with Gasteiger partial charge in [-0.05, 0) is 81.5 Å². The highest BCUT2D eigenvalue weighted by Crippen LogP contribution is 2.34. The number of hydrogen-bond donors (Lipinski definition) is 0. The van der Waals surface area contributed by atoms with Gasteiger partial charge in [-0.15, -0.1) is 0 Å². The van der Waals surface area contributed by atoms with Crippen molar-refractivity contribution in [1.29, 1.82) is 0 Å². The number of sulfonamides is 1. The summed E-state index contributed by atoms with van der Waals surface area (Å²) < 4.78 is 72.3. The molecule has 1 amide bonds. The normalized spacial score (nSPS) is 13.6. The minimum absolute atomic E-state index is 0.000130. The smallest absolute Gasteiger partial charge is 0.334 e. The minimum atomic E-state index is -4.49. The van der Waals surface area contributed by atoms with Crippen LogP contribution in [0, 0.1) is 27.7 Å². The predicted octanol–water partition coefficient (Wildman–Crippen LogP) is 5.81. The number of carbonyl (C=O) groups excluding carboxylic acids is 1. The van der Waals surface area contributed by atoms with E-state index in [-0.39, 0.29) is 23.2 Å². The second-order valence-corrected chi connectivity index (χ2v) is 13.4. The zero-order valence-electron chi connectivity index (χ0n) is 25.7. The van der Waals surface area contributed by atoms with Crippen molar-refractivity contribution in [1.82, 2.24) is 14.3 Å². The van der Waals surface area contributed by atoms with Gasteiger partial charge in [0.05, 0.1) is 21.8 Å². The molecule has 45 heavy (non-hydrogen) atoms. The monoisotopic (exact) mass is 640 g/mol. The molecule has 5 rings (SSSR count). The van der Waals surface area contributed by atoms with Crippen LogP contribution in [0.3, 0.4) is 0 Å². The summed E-state index contributed by atoms with van der Waals surface area (Å²) in [4.78, 5) is 29.6. The third-order valence-corrected chi connectivity index (χ3v) is 10.2. The van der Waals surface area contributed by atoms with E-state index in [4.69, 9.17) is 0 Å². The van der Waals surface area contributed by atoms with Crippen molar-refractivity contribution in [3.63, 3.8) is 0 Å². The van der Waals surface area contributed by atoms with Crippen molar-refractivity contribution in [2.45, 2.75) is 64.2 Å². The van der Waals surface area contributed by atoms with Gasteiger partial charge in [-0.2, -0.15) is 13.2 Å². The highest BCUT2D eigenvalue weighted by Gasteiger charge is 2.39. The molecular weight excluding hydrogens is 605 g/mol. The molecule has 1 aliphatic rings. The molecule has 1 heterocycles. The Labute approximate surface area is 260 Å². The van der Waals surface area contributed by atoms with E-state index in [1.165, 1.54) is 21.7 Å². The van der Waals surface area contributed by atoms with E-state index in [1.54, 1.807) is 75.0 Å². The summed E-state index contributed by atoms with van der Waals surface area (Å²) in [7, 11) is -2.82. The van der Waals surface area contributed by atoms with Crippen LogP contribution in [0.5, 0.6) is 0 Å². The molecule has 8 nitrogen and oxygen atoms in total. The van der Waals surface area contributed by atoms with Crippen molar-refractivity contribution >= 4 is 21.6 Å². The lowest BCUT2D eigenvalue weighted by molar-refractivity contribution is -0.137. The fourth-order valence-corrected chi connectivity index (χ4v) is 7.71. The van der Waals surface area contributed by atoms with Gasteiger partial charge in [-0.1, -0.05) is 48.0 Å². The number of para-hydroxylation sites is 1. The number of halogens is 3. The highest BCUT2D eigenvalue weighted by atomic mass is 32.2. The Morgan fingerprint density at radius 2 is 1.51 bits per heavy atom. The Hall–Kier alpha value is -4.32. The van der Waals surface area contributed by atoms with Crippen LogP contribution in [0.1, 0.15) is 46.4 Å². The molecule has 238 valence electrons. The van der Waals surface area contributed by atoms with E-state index in [2.05, 4.69) is 0 Å². The largest absolute Gasteiger partial charge is 0.416 e. The van der Waals surface area contributed by atoms with Gasteiger partial charge in [0.15, 0.2) is 0 Å². The molecule has 0 bridgehead atoms. The lowest BCUT2D eigenvalue weighted by Gasteiger charge is -2.29. The van der Waals surface area contributed by atoms with Crippen LogP contribution < -0.4 is 9.86 Å². The second-order valence-electron chi connectivity index (χ2n) is 11.6. The van der Waals surface area contributed by atoms with E-state index in [9.17, 15) is 31.2 Å². The number of alkyl halides is 3. The molecule has 1 saturated carbocycles. The number of amides is 1. The molecule has 0 aliphatic heterocycles. The zero-order valence-corrected chi connectivity index (χ0v) is 26.5. The van der Waals surface area contributed by atoms with Crippen LogP contribution in [-0.2, 0) is 34.6 Å². The van der Waals surface area contributed by atoms with Crippen LogP contribution in [0.25, 0.3) is 5.69 Å². The second kappa shape index (κ2) is 11.9. The predicted molar refractivity (Wildman–Crippen MR) is 166 cm³/mol. The summed E-state index contributed by atoms with van der Waals surface area (Å²) in [5.74, 6) is -0.558. The SMILES string of the molecule is Cc1cc(C)c(S(=O)(=O)N(CC(=O)N(Cc2ccc(C(F)(F)F)cc2)C2CC2)c2c(C)n(C)n(-c3ccccc3)c2=O)c(C)c1. The maximum absolute atomic E-state index is 14.6. The van der Waals surface area contributed by atoms with Crippen molar-refractivity contribution in [2.75, 3.05) is 10.8 Å². The number of carbonyl (C=O) groups is 1. The number of benzene rings is 3. The summed E-state index contributed by atoms with van der Waals surface area (Å²) in [6.45, 7) is 6.16. The van der Waals surface area contributed by atoms with E-state index in [0.29, 0.717) is 40.9 Å². The molecule has 0 spiro atoms. The maximum atomic E-state index is 14.6. The topological polar surface area (TPSA) is 84.6 Å². The van der Waals surface area contributed by atoms with Gasteiger partial charge in [-0.25, -0.2) is 17.4 Å². The number of aryl methyl sites for hydroxylation is 3. The summed E-state index contributed by atoms with van der Waals surface area (Å²) in [6.07, 6.45) is -3.13. The number of aromatic nitrogens is 2. The first-order valence-electron chi connectivity index (χ1n) is 14.5. The lowest BCUT2D eigenvalue weighted by atomic mass is 10.1. The molecule has 4 aromatic rings. The van der Waals surface area contributed by atoms with Crippen LogP contribution >= 0.6 is 0 Å². The van der Waals surface area contributed by atoms with Crippen LogP contribution in [0.2, 0.25) is 0 Å². The Kier molecular flexibility index (Phi) is 8.47. The molecule has 0 unspecified atom stereocenters. The summed E-state index contributed by atoms with van der Waals surface area (Å²) >= 11 is 0. The summed E-state index contributed by atoms with van der Waals surface area (Å²) in [5.41, 5.74) is 1.59. The first kappa shape index (κ1) is 32.1. The molecule has 0 saturated heterocycles. The Balaban J connectivity index is 1.60. The van der Waals surface area contributed by atoms with Crippen molar-refractivity contribution in [3.05, 3.63) is 111 Å². The van der Waals surface area contributed by atoms with Gasteiger partial charge in [0.2, 0.25) is 5.91 Å². The van der Waals surface area contributed by atoms with Gasteiger partial charge in [0, 0.05) is 19.6 Å². The molecule has 0 N–H and O–H groups in total. The molecule has 1 aromatic heterocycles. The van der Waals surface area contributed by atoms with Crippen molar-refractivity contribution in [3.8, 4) is 5.69 Å². The number of anilines is 1. The fraction of sp³-hybridized carbons (Fsp3) is 0.333. The average molecular weight is 641 g/mol.